The van der Waals surface area contributed by atoms with Crippen molar-refractivity contribution >= 4 is 5.91 Å². The molecule has 0 saturated carbocycles. The Kier molecular flexibility index (Phi) is 4.62. The first-order valence-electron chi connectivity index (χ1n) is 6.95. The summed E-state index contributed by atoms with van der Waals surface area (Å²) in [6.07, 6.45) is 0. The Morgan fingerprint density at radius 3 is 2.43 bits per heavy atom. The van der Waals surface area contributed by atoms with Gasteiger partial charge >= 0.3 is 0 Å². The molecule has 1 aromatic carbocycles. The van der Waals surface area contributed by atoms with Gasteiger partial charge < -0.3 is 10.1 Å². The molecule has 0 spiro atoms. The van der Waals surface area contributed by atoms with Crippen LogP contribution in [0, 0.1) is 20.8 Å². The van der Waals surface area contributed by atoms with Crippen LogP contribution in [0.3, 0.4) is 0 Å². The van der Waals surface area contributed by atoms with E-state index in [4.69, 9.17) is 4.74 Å². The quantitative estimate of drug-likeness (QED) is 0.917. The van der Waals surface area contributed by atoms with Gasteiger partial charge in [-0.15, -0.1) is 0 Å². The molecular formula is C16H21N3O2. The average molecular weight is 287 g/mol. The van der Waals surface area contributed by atoms with Crippen LogP contribution in [0.2, 0.25) is 0 Å². The van der Waals surface area contributed by atoms with E-state index in [0.29, 0.717) is 18.7 Å². The summed E-state index contributed by atoms with van der Waals surface area (Å²) in [5.74, 6) is 0.653. The fourth-order valence-electron chi connectivity index (χ4n) is 2.12. The zero-order valence-corrected chi connectivity index (χ0v) is 12.9. The second kappa shape index (κ2) is 6.43. The normalized spacial score (nSPS) is 10.5. The van der Waals surface area contributed by atoms with Gasteiger partial charge in [0, 0.05) is 17.8 Å². The first-order chi connectivity index (χ1) is 10.0. The number of hydrogen-bond acceptors (Lipinski definition) is 3. The molecule has 1 N–H and O–H groups in total. The third-order valence-electron chi connectivity index (χ3n) is 3.70. The van der Waals surface area contributed by atoms with E-state index in [2.05, 4.69) is 17.3 Å². The van der Waals surface area contributed by atoms with Crippen LogP contribution in [0.25, 0.3) is 0 Å². The summed E-state index contributed by atoms with van der Waals surface area (Å²) in [7, 11) is 1.60. The molecule has 1 aromatic heterocycles. The Bertz CT molecular complexity index is 630. The van der Waals surface area contributed by atoms with Crippen LogP contribution in [0.1, 0.15) is 27.3 Å². The van der Waals surface area contributed by atoms with Crippen molar-refractivity contribution in [3.05, 3.63) is 46.8 Å². The largest absolute Gasteiger partial charge is 0.497 e. The second-order valence-electron chi connectivity index (χ2n) is 5.00. The van der Waals surface area contributed by atoms with Crippen LogP contribution in [-0.4, -0.2) is 29.3 Å². The SMILES string of the molecule is COc1ccc(C(=O)NCCn2nc(C)c(C)c2C)cc1. The van der Waals surface area contributed by atoms with Gasteiger partial charge in [-0.2, -0.15) is 5.10 Å². The van der Waals surface area contributed by atoms with Crippen LogP contribution in [0.4, 0.5) is 0 Å². The first kappa shape index (κ1) is 15.1. The number of rotatable bonds is 5. The molecule has 0 fully saturated rings. The highest BCUT2D eigenvalue weighted by molar-refractivity contribution is 5.94. The van der Waals surface area contributed by atoms with Crippen LogP contribution < -0.4 is 10.1 Å². The molecule has 0 saturated heterocycles. The average Bonchev–Trinajstić information content (AvgIpc) is 2.74. The molecule has 21 heavy (non-hydrogen) atoms. The lowest BCUT2D eigenvalue weighted by Gasteiger charge is -2.08. The Balaban J connectivity index is 1.90. The van der Waals surface area contributed by atoms with Gasteiger partial charge in [0.1, 0.15) is 5.75 Å². The van der Waals surface area contributed by atoms with Crippen molar-refractivity contribution in [3.63, 3.8) is 0 Å². The molecule has 112 valence electrons. The number of amides is 1. The number of methoxy groups -OCH3 is 1. The standard InChI is InChI=1S/C16H21N3O2/c1-11-12(2)18-19(13(11)3)10-9-17-16(20)14-5-7-15(21-4)8-6-14/h5-8H,9-10H2,1-4H3,(H,17,20). The fourth-order valence-corrected chi connectivity index (χ4v) is 2.12. The first-order valence-corrected chi connectivity index (χ1v) is 6.95. The molecule has 2 rings (SSSR count). The predicted molar refractivity (Wildman–Crippen MR) is 81.8 cm³/mol. The molecule has 2 aromatic rings. The van der Waals surface area contributed by atoms with Gasteiger partial charge in [-0.1, -0.05) is 0 Å². The predicted octanol–water partition coefficient (Wildman–Crippen LogP) is 2.25. The minimum Gasteiger partial charge on any atom is -0.497 e. The molecule has 0 unspecified atom stereocenters. The van der Waals surface area contributed by atoms with Gasteiger partial charge in [-0.3, -0.25) is 9.48 Å². The number of nitrogens with one attached hydrogen (secondary N) is 1. The summed E-state index contributed by atoms with van der Waals surface area (Å²) < 4.78 is 7.00. The van der Waals surface area contributed by atoms with E-state index in [1.807, 2.05) is 18.5 Å². The molecule has 1 heterocycles. The zero-order valence-electron chi connectivity index (χ0n) is 12.9. The summed E-state index contributed by atoms with van der Waals surface area (Å²) in [4.78, 5) is 12.0. The zero-order chi connectivity index (χ0) is 15.4. The Hall–Kier alpha value is -2.30. The fraction of sp³-hybridized carbons (Fsp3) is 0.375. The van der Waals surface area contributed by atoms with Crippen molar-refractivity contribution in [1.29, 1.82) is 0 Å². The molecule has 0 radical (unpaired) electrons. The summed E-state index contributed by atoms with van der Waals surface area (Å²) in [5.41, 5.74) is 4.01. The van der Waals surface area contributed by atoms with Crippen LogP contribution in [0.5, 0.6) is 5.75 Å². The summed E-state index contributed by atoms with van der Waals surface area (Å²) >= 11 is 0. The maximum atomic E-state index is 12.0. The number of benzene rings is 1. The van der Waals surface area contributed by atoms with Crippen molar-refractivity contribution in [2.24, 2.45) is 0 Å². The topological polar surface area (TPSA) is 56.1 Å². The van der Waals surface area contributed by atoms with Gasteiger partial charge in [0.15, 0.2) is 0 Å². The molecular weight excluding hydrogens is 266 g/mol. The van der Waals surface area contributed by atoms with Crippen LogP contribution in [-0.2, 0) is 6.54 Å². The number of carbonyl (C=O) groups is 1. The lowest BCUT2D eigenvalue weighted by molar-refractivity contribution is 0.0952. The Labute approximate surface area is 124 Å². The number of aryl methyl sites for hydroxylation is 1. The van der Waals surface area contributed by atoms with Crippen molar-refractivity contribution in [2.75, 3.05) is 13.7 Å². The van der Waals surface area contributed by atoms with Crippen LogP contribution in [0.15, 0.2) is 24.3 Å². The minimum absolute atomic E-state index is 0.0871. The number of aromatic nitrogens is 2. The molecule has 5 heteroatoms. The van der Waals surface area contributed by atoms with Crippen molar-refractivity contribution in [2.45, 2.75) is 27.3 Å². The maximum Gasteiger partial charge on any atom is 0.251 e. The number of nitrogens with zero attached hydrogens (tertiary/aromatic N) is 2. The summed E-state index contributed by atoms with van der Waals surface area (Å²) in [5, 5.41) is 7.35. The minimum atomic E-state index is -0.0871. The second-order valence-corrected chi connectivity index (χ2v) is 5.00. The van der Waals surface area contributed by atoms with Gasteiger partial charge in [0.05, 0.1) is 19.3 Å². The lowest BCUT2D eigenvalue weighted by Crippen LogP contribution is -2.27. The van der Waals surface area contributed by atoms with Crippen molar-refractivity contribution in [1.82, 2.24) is 15.1 Å². The molecule has 0 aliphatic carbocycles. The van der Waals surface area contributed by atoms with E-state index < -0.39 is 0 Å². The summed E-state index contributed by atoms with van der Waals surface area (Å²) in [6, 6.07) is 7.06. The van der Waals surface area contributed by atoms with E-state index in [9.17, 15) is 4.79 Å². The number of carbonyl (C=O) groups excluding carboxylic acids is 1. The molecule has 0 aliphatic heterocycles. The molecule has 0 atom stereocenters. The highest BCUT2D eigenvalue weighted by atomic mass is 16.5. The van der Waals surface area contributed by atoms with E-state index in [1.54, 1.807) is 31.4 Å². The Morgan fingerprint density at radius 1 is 1.24 bits per heavy atom. The monoisotopic (exact) mass is 287 g/mol. The molecule has 0 bridgehead atoms. The van der Waals surface area contributed by atoms with E-state index in [0.717, 1.165) is 17.1 Å². The van der Waals surface area contributed by atoms with Crippen LogP contribution >= 0.6 is 0 Å². The third kappa shape index (κ3) is 3.42. The molecule has 1 amide bonds. The lowest BCUT2D eigenvalue weighted by atomic mass is 10.2. The third-order valence-corrected chi connectivity index (χ3v) is 3.70. The highest BCUT2D eigenvalue weighted by Gasteiger charge is 2.08. The highest BCUT2D eigenvalue weighted by Crippen LogP contribution is 2.12. The van der Waals surface area contributed by atoms with E-state index in [-0.39, 0.29) is 5.91 Å². The van der Waals surface area contributed by atoms with E-state index in [1.165, 1.54) is 5.56 Å². The van der Waals surface area contributed by atoms with E-state index >= 15 is 0 Å². The Morgan fingerprint density at radius 2 is 1.90 bits per heavy atom. The summed E-state index contributed by atoms with van der Waals surface area (Å²) in [6.45, 7) is 7.31. The number of ether oxygens (including phenoxy) is 1. The van der Waals surface area contributed by atoms with Gasteiger partial charge in [0.2, 0.25) is 0 Å². The van der Waals surface area contributed by atoms with Gasteiger partial charge in [-0.05, 0) is 50.6 Å². The smallest absolute Gasteiger partial charge is 0.251 e. The maximum absolute atomic E-state index is 12.0. The van der Waals surface area contributed by atoms with Crippen molar-refractivity contribution < 1.29 is 9.53 Å². The molecule has 0 aliphatic rings. The number of hydrogen-bond donors (Lipinski definition) is 1. The van der Waals surface area contributed by atoms with Gasteiger partial charge in [0.25, 0.3) is 5.91 Å². The van der Waals surface area contributed by atoms with Gasteiger partial charge in [-0.25, -0.2) is 0 Å². The van der Waals surface area contributed by atoms with Crippen molar-refractivity contribution in [3.8, 4) is 5.75 Å². The molecule has 5 nitrogen and oxygen atoms in total.